The summed E-state index contributed by atoms with van der Waals surface area (Å²) < 4.78 is 26.4. The minimum atomic E-state index is -2.72. The largest absolute Gasteiger partial charge is 0.480 e. The third-order valence-corrected chi connectivity index (χ3v) is 3.26. The van der Waals surface area contributed by atoms with Crippen molar-refractivity contribution in [3.8, 4) is 0 Å². The number of aromatic nitrogens is 2. The van der Waals surface area contributed by atoms with Crippen LogP contribution in [-0.4, -0.2) is 20.9 Å². The molecule has 0 fully saturated rings. The van der Waals surface area contributed by atoms with Gasteiger partial charge in [-0.05, 0) is 29.3 Å². The van der Waals surface area contributed by atoms with Crippen molar-refractivity contribution in [2.24, 2.45) is 0 Å². The molecule has 1 aromatic heterocycles. The Morgan fingerprint density at radius 1 is 1.62 bits per heavy atom. The Morgan fingerprint density at radius 2 is 2.19 bits per heavy atom. The first-order valence-electron chi connectivity index (χ1n) is 4.65. The van der Waals surface area contributed by atoms with Crippen molar-refractivity contribution in [3.05, 3.63) is 15.9 Å². The molecule has 7 heteroatoms. The van der Waals surface area contributed by atoms with Crippen LogP contribution in [0.5, 0.6) is 0 Å². The third kappa shape index (κ3) is 2.23. The number of carboxylic acids is 1. The summed E-state index contributed by atoms with van der Waals surface area (Å²) in [5.41, 5.74) is -0.0262. The van der Waals surface area contributed by atoms with E-state index in [1.165, 1.54) is 0 Å². The molecule has 1 N–H and O–H groups in total. The predicted octanol–water partition coefficient (Wildman–Crippen LogP) is 2.93. The highest BCUT2D eigenvalue weighted by atomic mass is 79.9. The number of hydrogen-bond acceptors (Lipinski definition) is 2. The average molecular weight is 297 g/mol. The Balaban J connectivity index is 3.24. The van der Waals surface area contributed by atoms with Gasteiger partial charge in [0, 0.05) is 0 Å². The normalized spacial score (nSPS) is 13.1. The SMILES string of the molecule is CCC(C(=O)O)n1nc(C(F)F)c(Br)c1C. The minimum absolute atomic E-state index is 0.169. The Kier molecular flexibility index (Phi) is 4.01. The lowest BCUT2D eigenvalue weighted by Gasteiger charge is -2.12. The zero-order valence-corrected chi connectivity index (χ0v) is 10.3. The van der Waals surface area contributed by atoms with Gasteiger partial charge in [0.15, 0.2) is 0 Å². The topological polar surface area (TPSA) is 55.1 Å². The van der Waals surface area contributed by atoms with Crippen LogP contribution in [0.1, 0.15) is 37.2 Å². The number of nitrogens with zero attached hydrogens (tertiary/aromatic N) is 2. The molecule has 0 saturated carbocycles. The Hall–Kier alpha value is -0.980. The van der Waals surface area contributed by atoms with E-state index in [9.17, 15) is 13.6 Å². The van der Waals surface area contributed by atoms with E-state index in [4.69, 9.17) is 5.11 Å². The lowest BCUT2D eigenvalue weighted by Crippen LogP contribution is -2.20. The van der Waals surface area contributed by atoms with E-state index in [0.717, 1.165) is 4.68 Å². The number of aliphatic carboxylic acids is 1. The molecule has 1 heterocycles. The van der Waals surface area contributed by atoms with Gasteiger partial charge in [-0.15, -0.1) is 0 Å². The summed E-state index contributed by atoms with van der Waals surface area (Å²) >= 11 is 2.99. The van der Waals surface area contributed by atoms with Crippen LogP contribution < -0.4 is 0 Å². The number of alkyl halides is 2. The highest BCUT2D eigenvalue weighted by Crippen LogP contribution is 2.31. The van der Waals surface area contributed by atoms with Gasteiger partial charge in [-0.25, -0.2) is 13.6 Å². The van der Waals surface area contributed by atoms with Crippen molar-refractivity contribution >= 4 is 21.9 Å². The average Bonchev–Trinajstić information content (AvgIpc) is 2.47. The van der Waals surface area contributed by atoms with Crippen molar-refractivity contribution < 1.29 is 18.7 Å². The number of halogens is 3. The molecule has 0 spiro atoms. The van der Waals surface area contributed by atoms with E-state index in [0.29, 0.717) is 5.69 Å². The van der Waals surface area contributed by atoms with Crippen molar-refractivity contribution in [2.45, 2.75) is 32.7 Å². The fourth-order valence-electron chi connectivity index (χ4n) is 1.42. The van der Waals surface area contributed by atoms with Crippen LogP contribution in [0.3, 0.4) is 0 Å². The maximum Gasteiger partial charge on any atom is 0.328 e. The molecule has 16 heavy (non-hydrogen) atoms. The van der Waals surface area contributed by atoms with Crippen LogP contribution >= 0.6 is 15.9 Å². The molecule has 0 bridgehead atoms. The van der Waals surface area contributed by atoms with E-state index >= 15 is 0 Å². The molecule has 0 aliphatic heterocycles. The number of carboxylic acid groups (broad SMARTS) is 1. The molecule has 1 aromatic rings. The van der Waals surface area contributed by atoms with Gasteiger partial charge in [-0.1, -0.05) is 6.92 Å². The first-order chi connectivity index (χ1) is 7.40. The molecular weight excluding hydrogens is 286 g/mol. The molecular formula is C9H11BrF2N2O2. The smallest absolute Gasteiger partial charge is 0.328 e. The Labute approximate surface area is 99.4 Å². The van der Waals surface area contributed by atoms with Gasteiger partial charge >= 0.3 is 5.97 Å². The summed E-state index contributed by atoms with van der Waals surface area (Å²) in [5, 5.41) is 12.6. The van der Waals surface area contributed by atoms with E-state index in [2.05, 4.69) is 21.0 Å². The quantitative estimate of drug-likeness (QED) is 0.929. The fourth-order valence-corrected chi connectivity index (χ4v) is 1.85. The molecule has 1 atom stereocenters. The Morgan fingerprint density at radius 3 is 2.50 bits per heavy atom. The summed E-state index contributed by atoms with van der Waals surface area (Å²) in [4.78, 5) is 10.9. The van der Waals surface area contributed by atoms with E-state index < -0.39 is 24.1 Å². The molecule has 0 aliphatic carbocycles. The molecule has 90 valence electrons. The van der Waals surface area contributed by atoms with Gasteiger partial charge in [-0.3, -0.25) is 4.68 Å². The van der Waals surface area contributed by atoms with Gasteiger partial charge < -0.3 is 5.11 Å². The Bertz CT molecular complexity index is 406. The van der Waals surface area contributed by atoms with Crippen LogP contribution in [0.15, 0.2) is 4.47 Å². The number of rotatable bonds is 4. The minimum Gasteiger partial charge on any atom is -0.480 e. The zero-order chi connectivity index (χ0) is 12.5. The maximum atomic E-state index is 12.5. The van der Waals surface area contributed by atoms with Crippen LogP contribution in [-0.2, 0) is 4.79 Å². The first kappa shape index (κ1) is 13.1. The number of carbonyl (C=O) groups is 1. The first-order valence-corrected chi connectivity index (χ1v) is 5.44. The fraction of sp³-hybridized carbons (Fsp3) is 0.556. The van der Waals surface area contributed by atoms with Crippen molar-refractivity contribution in [2.75, 3.05) is 0 Å². The molecule has 0 aliphatic rings. The van der Waals surface area contributed by atoms with E-state index in [1.807, 2.05) is 0 Å². The van der Waals surface area contributed by atoms with Crippen molar-refractivity contribution in [1.82, 2.24) is 9.78 Å². The molecule has 0 amide bonds. The van der Waals surface area contributed by atoms with Crippen LogP contribution in [0.2, 0.25) is 0 Å². The van der Waals surface area contributed by atoms with Crippen LogP contribution in [0, 0.1) is 6.92 Å². The van der Waals surface area contributed by atoms with Crippen molar-refractivity contribution in [3.63, 3.8) is 0 Å². The van der Waals surface area contributed by atoms with Gasteiger partial charge in [0.2, 0.25) is 0 Å². The molecule has 1 rings (SSSR count). The second-order valence-electron chi connectivity index (χ2n) is 3.29. The molecule has 4 nitrogen and oxygen atoms in total. The summed E-state index contributed by atoms with van der Waals surface area (Å²) in [7, 11) is 0. The van der Waals surface area contributed by atoms with Gasteiger partial charge in [-0.2, -0.15) is 5.10 Å². The standard InChI is InChI=1S/C9H11BrF2N2O2/c1-3-5(9(15)16)14-4(2)6(10)7(13-14)8(11)12/h5,8H,3H2,1-2H3,(H,15,16). The zero-order valence-electron chi connectivity index (χ0n) is 8.75. The number of hydrogen-bond donors (Lipinski definition) is 1. The van der Waals surface area contributed by atoms with Crippen molar-refractivity contribution in [1.29, 1.82) is 0 Å². The van der Waals surface area contributed by atoms with Gasteiger partial charge in [0.1, 0.15) is 11.7 Å². The molecule has 0 radical (unpaired) electrons. The maximum absolute atomic E-state index is 12.5. The second kappa shape index (κ2) is 4.90. The highest BCUT2D eigenvalue weighted by molar-refractivity contribution is 9.10. The summed E-state index contributed by atoms with van der Waals surface area (Å²) in [5.74, 6) is -1.08. The van der Waals surface area contributed by atoms with Gasteiger partial charge in [0.05, 0.1) is 10.2 Å². The highest BCUT2D eigenvalue weighted by Gasteiger charge is 2.26. The summed E-state index contributed by atoms with van der Waals surface area (Å²) in [6.45, 7) is 3.21. The molecule has 0 saturated heterocycles. The van der Waals surface area contributed by atoms with E-state index in [1.54, 1.807) is 13.8 Å². The van der Waals surface area contributed by atoms with Crippen LogP contribution in [0.4, 0.5) is 8.78 Å². The van der Waals surface area contributed by atoms with Crippen LogP contribution in [0.25, 0.3) is 0 Å². The third-order valence-electron chi connectivity index (χ3n) is 2.28. The summed E-state index contributed by atoms with van der Waals surface area (Å²) in [6.07, 6.45) is -2.44. The monoisotopic (exact) mass is 296 g/mol. The lowest BCUT2D eigenvalue weighted by atomic mass is 10.2. The molecule has 1 unspecified atom stereocenters. The lowest BCUT2D eigenvalue weighted by molar-refractivity contribution is -0.141. The molecule has 0 aromatic carbocycles. The summed E-state index contributed by atoms with van der Waals surface area (Å²) in [6, 6.07) is -0.913. The second-order valence-corrected chi connectivity index (χ2v) is 4.09. The predicted molar refractivity (Wildman–Crippen MR) is 56.6 cm³/mol. The van der Waals surface area contributed by atoms with Gasteiger partial charge in [0.25, 0.3) is 6.43 Å². The van der Waals surface area contributed by atoms with E-state index in [-0.39, 0.29) is 10.9 Å².